The van der Waals surface area contributed by atoms with Gasteiger partial charge in [0.1, 0.15) is 4.90 Å². The molecule has 0 radical (unpaired) electrons. The van der Waals surface area contributed by atoms with Gasteiger partial charge in [-0.25, -0.2) is 8.42 Å². The molecule has 0 bridgehead atoms. The first-order valence-corrected chi connectivity index (χ1v) is 6.50. The second-order valence-electron chi connectivity index (χ2n) is 3.63. The van der Waals surface area contributed by atoms with Crippen LogP contribution in [-0.2, 0) is 9.84 Å². The van der Waals surface area contributed by atoms with Crippen LogP contribution in [-0.4, -0.2) is 13.4 Å². The summed E-state index contributed by atoms with van der Waals surface area (Å²) < 4.78 is 24.5. The number of nitrogens with one attached hydrogen (secondary N) is 1. The van der Waals surface area contributed by atoms with Gasteiger partial charge in [0.15, 0.2) is 0 Å². The molecular weight excluding hydrogens is 238 g/mol. The van der Waals surface area contributed by atoms with Crippen molar-refractivity contribution in [3.05, 3.63) is 58.5 Å². The molecule has 0 aliphatic rings. The van der Waals surface area contributed by atoms with Gasteiger partial charge in [0.05, 0.1) is 4.90 Å². The third-order valence-corrected chi connectivity index (χ3v) is 4.39. The molecule has 0 saturated carbocycles. The molecule has 5 heteroatoms. The van der Waals surface area contributed by atoms with E-state index in [1.807, 2.05) is 0 Å². The zero-order valence-corrected chi connectivity index (χ0v) is 9.99. The first-order chi connectivity index (χ1) is 8.03. The average molecular weight is 249 g/mol. The zero-order chi connectivity index (χ0) is 12.5. The molecular formula is C12H11NO3S. The van der Waals surface area contributed by atoms with Crippen molar-refractivity contribution < 1.29 is 8.42 Å². The Morgan fingerprint density at radius 2 is 1.65 bits per heavy atom. The van der Waals surface area contributed by atoms with Gasteiger partial charge in [-0.05, 0) is 30.7 Å². The smallest absolute Gasteiger partial charge is 0.267 e. The van der Waals surface area contributed by atoms with Gasteiger partial charge in [-0.15, -0.1) is 0 Å². The summed E-state index contributed by atoms with van der Waals surface area (Å²) in [5, 5.41) is 0. The van der Waals surface area contributed by atoms with Crippen molar-refractivity contribution in [1.82, 2.24) is 4.98 Å². The normalized spacial score (nSPS) is 11.4. The minimum Gasteiger partial charge on any atom is -0.328 e. The molecule has 0 fully saturated rings. The van der Waals surface area contributed by atoms with Crippen molar-refractivity contribution in [2.24, 2.45) is 0 Å². The van der Waals surface area contributed by atoms with Gasteiger partial charge in [-0.2, -0.15) is 0 Å². The minimum absolute atomic E-state index is 0.164. The van der Waals surface area contributed by atoms with Crippen molar-refractivity contribution in [3.63, 3.8) is 0 Å². The number of aryl methyl sites for hydroxylation is 1. The highest BCUT2D eigenvalue weighted by Gasteiger charge is 2.22. The number of pyridine rings is 1. The molecule has 0 amide bonds. The number of benzene rings is 1. The van der Waals surface area contributed by atoms with E-state index in [0.29, 0.717) is 5.56 Å². The van der Waals surface area contributed by atoms with E-state index in [0.717, 1.165) is 0 Å². The summed E-state index contributed by atoms with van der Waals surface area (Å²) in [7, 11) is -3.74. The van der Waals surface area contributed by atoms with E-state index in [9.17, 15) is 13.2 Å². The predicted octanol–water partition coefficient (Wildman–Crippen LogP) is 1.52. The first-order valence-electron chi connectivity index (χ1n) is 5.02. The van der Waals surface area contributed by atoms with E-state index < -0.39 is 15.4 Å². The summed E-state index contributed by atoms with van der Waals surface area (Å²) in [6.07, 6.45) is 1.40. The van der Waals surface area contributed by atoms with Crippen LogP contribution in [0.4, 0.5) is 0 Å². The Hall–Kier alpha value is -1.88. The standard InChI is InChI=1S/C12H11NO3S/c1-9-5-2-3-6-10(9)17(15,16)11-7-4-8-13-12(11)14/h2-8H,1H3,(H,13,14). The molecule has 0 aliphatic carbocycles. The first kappa shape index (κ1) is 11.6. The average Bonchev–Trinajstić information content (AvgIpc) is 2.29. The molecule has 0 spiro atoms. The highest BCUT2D eigenvalue weighted by molar-refractivity contribution is 7.91. The molecule has 2 rings (SSSR count). The lowest BCUT2D eigenvalue weighted by molar-refractivity contribution is 0.594. The molecule has 0 atom stereocenters. The van der Waals surface area contributed by atoms with Crippen LogP contribution in [0.5, 0.6) is 0 Å². The predicted molar refractivity (Wildman–Crippen MR) is 63.7 cm³/mol. The second-order valence-corrected chi connectivity index (χ2v) is 5.52. The van der Waals surface area contributed by atoms with Crippen molar-refractivity contribution in [2.75, 3.05) is 0 Å². The lowest BCUT2D eigenvalue weighted by atomic mass is 10.2. The molecule has 88 valence electrons. The Kier molecular flexibility index (Phi) is 2.85. The van der Waals surface area contributed by atoms with Crippen LogP contribution in [0.15, 0.2) is 57.2 Å². The number of aromatic amines is 1. The summed E-state index contributed by atoms with van der Waals surface area (Å²) in [4.78, 5) is 13.8. The molecule has 4 nitrogen and oxygen atoms in total. The van der Waals surface area contributed by atoms with Crippen molar-refractivity contribution >= 4 is 9.84 Å². The lowest BCUT2D eigenvalue weighted by Crippen LogP contribution is -2.17. The Labute approximate surface area is 98.9 Å². The molecule has 17 heavy (non-hydrogen) atoms. The Morgan fingerprint density at radius 3 is 2.29 bits per heavy atom. The monoisotopic (exact) mass is 249 g/mol. The van der Waals surface area contributed by atoms with E-state index in [1.54, 1.807) is 25.1 Å². The molecule has 0 unspecified atom stereocenters. The number of H-pyrrole nitrogens is 1. The maximum atomic E-state index is 12.3. The maximum Gasteiger partial charge on any atom is 0.267 e. The second kappa shape index (κ2) is 4.18. The molecule has 1 heterocycles. The van der Waals surface area contributed by atoms with Crippen molar-refractivity contribution in [1.29, 1.82) is 0 Å². The molecule has 1 N–H and O–H groups in total. The largest absolute Gasteiger partial charge is 0.328 e. The number of hydrogen-bond acceptors (Lipinski definition) is 3. The van der Waals surface area contributed by atoms with E-state index >= 15 is 0 Å². The SMILES string of the molecule is Cc1ccccc1S(=O)(=O)c1ccc[nH]c1=O. The van der Waals surface area contributed by atoms with Crippen LogP contribution in [0, 0.1) is 6.92 Å². The van der Waals surface area contributed by atoms with Gasteiger partial charge in [0.25, 0.3) is 5.56 Å². The van der Waals surface area contributed by atoms with Gasteiger partial charge < -0.3 is 4.98 Å². The van der Waals surface area contributed by atoms with Crippen LogP contribution < -0.4 is 5.56 Å². The van der Waals surface area contributed by atoms with E-state index in [2.05, 4.69) is 4.98 Å². The summed E-state index contributed by atoms with van der Waals surface area (Å²) in [5.74, 6) is 0. The molecule has 0 saturated heterocycles. The topological polar surface area (TPSA) is 67.0 Å². The van der Waals surface area contributed by atoms with Gasteiger partial charge in [-0.1, -0.05) is 18.2 Å². The highest BCUT2D eigenvalue weighted by atomic mass is 32.2. The van der Waals surface area contributed by atoms with Gasteiger partial charge in [0, 0.05) is 6.20 Å². The van der Waals surface area contributed by atoms with Crippen LogP contribution in [0.3, 0.4) is 0 Å². The maximum absolute atomic E-state index is 12.3. The number of aromatic nitrogens is 1. The third kappa shape index (κ3) is 2.01. The van der Waals surface area contributed by atoms with E-state index in [-0.39, 0.29) is 9.79 Å². The summed E-state index contributed by atoms with van der Waals surface area (Å²) in [5.41, 5.74) is 0.0199. The lowest BCUT2D eigenvalue weighted by Gasteiger charge is -2.06. The molecule has 0 aliphatic heterocycles. The third-order valence-electron chi connectivity index (χ3n) is 2.45. The summed E-state index contributed by atoms with van der Waals surface area (Å²) in [6.45, 7) is 1.70. The van der Waals surface area contributed by atoms with Crippen molar-refractivity contribution in [3.8, 4) is 0 Å². The summed E-state index contributed by atoms with van der Waals surface area (Å²) >= 11 is 0. The highest BCUT2D eigenvalue weighted by Crippen LogP contribution is 2.20. The van der Waals surface area contributed by atoms with Crippen LogP contribution in [0.25, 0.3) is 0 Å². The van der Waals surface area contributed by atoms with Crippen LogP contribution in [0.1, 0.15) is 5.56 Å². The Morgan fingerprint density at radius 1 is 1.00 bits per heavy atom. The Bertz CT molecular complexity index is 701. The molecule has 1 aromatic carbocycles. The fourth-order valence-corrected chi connectivity index (χ4v) is 3.14. The van der Waals surface area contributed by atoms with Gasteiger partial charge in [-0.3, -0.25) is 4.79 Å². The van der Waals surface area contributed by atoms with Gasteiger partial charge in [0.2, 0.25) is 9.84 Å². The number of rotatable bonds is 2. The zero-order valence-electron chi connectivity index (χ0n) is 9.17. The number of sulfone groups is 1. The quantitative estimate of drug-likeness (QED) is 0.877. The fourth-order valence-electron chi connectivity index (χ4n) is 1.59. The van der Waals surface area contributed by atoms with Gasteiger partial charge >= 0.3 is 0 Å². The summed E-state index contributed by atoms with van der Waals surface area (Å²) in [6, 6.07) is 9.38. The Balaban J connectivity index is 2.72. The van der Waals surface area contributed by atoms with Crippen LogP contribution >= 0.6 is 0 Å². The van der Waals surface area contributed by atoms with E-state index in [1.165, 1.54) is 24.4 Å². The van der Waals surface area contributed by atoms with Crippen molar-refractivity contribution in [2.45, 2.75) is 16.7 Å². The van der Waals surface area contributed by atoms with Crippen LogP contribution in [0.2, 0.25) is 0 Å². The minimum atomic E-state index is -3.74. The molecule has 2 aromatic rings. The fraction of sp³-hybridized carbons (Fsp3) is 0.0833. The number of hydrogen-bond donors (Lipinski definition) is 1. The van der Waals surface area contributed by atoms with E-state index in [4.69, 9.17) is 0 Å². The molecule has 1 aromatic heterocycles.